The highest BCUT2D eigenvalue weighted by molar-refractivity contribution is 6.20. The Morgan fingerprint density at radius 1 is 0.792 bits per heavy atom. The van der Waals surface area contributed by atoms with Crippen molar-refractivity contribution in [1.82, 2.24) is 0 Å². The lowest BCUT2D eigenvalue weighted by atomic mass is 10.1. The van der Waals surface area contributed by atoms with E-state index in [4.69, 9.17) is 21.1 Å². The van der Waals surface area contributed by atoms with E-state index < -0.39 is 11.9 Å². The van der Waals surface area contributed by atoms with Gasteiger partial charge < -0.3 is 9.47 Å². The third kappa shape index (κ3) is 17.6. The van der Waals surface area contributed by atoms with Gasteiger partial charge in [0.25, 0.3) is 0 Å². The minimum atomic E-state index is -0.577. The first kappa shape index (κ1) is 23.2. The van der Waals surface area contributed by atoms with Crippen molar-refractivity contribution < 1.29 is 19.1 Å². The topological polar surface area (TPSA) is 52.6 Å². The summed E-state index contributed by atoms with van der Waals surface area (Å²) in [6, 6.07) is 0. The Morgan fingerprint density at radius 3 is 1.75 bits per heavy atom. The summed E-state index contributed by atoms with van der Waals surface area (Å²) in [6.07, 6.45) is 13.4. The Kier molecular flexibility index (Phi) is 16.5. The Morgan fingerprint density at radius 2 is 1.25 bits per heavy atom. The fourth-order valence-electron chi connectivity index (χ4n) is 2.38. The second-order valence-corrected chi connectivity index (χ2v) is 7.14. The third-order valence-corrected chi connectivity index (χ3v) is 3.90. The van der Waals surface area contributed by atoms with Gasteiger partial charge in [-0.1, -0.05) is 71.1 Å². The van der Waals surface area contributed by atoms with E-state index in [0.717, 1.165) is 12.8 Å². The van der Waals surface area contributed by atoms with Crippen molar-refractivity contribution in [3.8, 4) is 0 Å². The molecule has 0 aliphatic carbocycles. The van der Waals surface area contributed by atoms with Crippen LogP contribution in [0.15, 0.2) is 0 Å². The zero-order valence-electron chi connectivity index (χ0n) is 15.5. The van der Waals surface area contributed by atoms with Gasteiger partial charge in [0, 0.05) is 0 Å². The molecule has 0 aliphatic heterocycles. The second kappa shape index (κ2) is 17.1. The molecule has 4 nitrogen and oxygen atoms in total. The van der Waals surface area contributed by atoms with Gasteiger partial charge >= 0.3 is 11.9 Å². The molecule has 5 heteroatoms. The summed E-state index contributed by atoms with van der Waals surface area (Å²) in [5.41, 5.74) is 0. The number of esters is 2. The Balaban J connectivity index is 3.29. The molecule has 0 heterocycles. The van der Waals surface area contributed by atoms with E-state index in [1.807, 2.05) is 0 Å². The molecule has 0 radical (unpaired) electrons. The van der Waals surface area contributed by atoms with Crippen LogP contribution in [0.2, 0.25) is 0 Å². The molecule has 1 unspecified atom stereocenters. The van der Waals surface area contributed by atoms with Crippen molar-refractivity contribution in [2.45, 2.75) is 96.3 Å². The number of carbonyl (C=O) groups is 2. The first-order chi connectivity index (χ1) is 11.6. The zero-order chi connectivity index (χ0) is 18.0. The van der Waals surface area contributed by atoms with Crippen molar-refractivity contribution >= 4 is 23.5 Å². The van der Waals surface area contributed by atoms with Gasteiger partial charge in [-0.2, -0.15) is 0 Å². The first-order valence-electron chi connectivity index (χ1n) is 9.51. The van der Waals surface area contributed by atoms with Gasteiger partial charge in [-0.15, -0.1) is 11.6 Å². The standard InChI is InChI=1S/C19H35ClO4/c1-3-4-5-6-7-8-9-10-11-12-13-14-23-18(21)15-19(22)24-16-17(2)20/h17H,3-16H2,1-2H3. The quantitative estimate of drug-likeness (QED) is 0.159. The van der Waals surface area contributed by atoms with Gasteiger partial charge in [-0.3, -0.25) is 9.59 Å². The van der Waals surface area contributed by atoms with Crippen LogP contribution in [0.3, 0.4) is 0 Å². The average molecular weight is 363 g/mol. The molecule has 0 aliphatic rings. The second-order valence-electron chi connectivity index (χ2n) is 6.40. The number of unbranched alkanes of at least 4 members (excludes halogenated alkanes) is 10. The maximum atomic E-state index is 11.4. The minimum absolute atomic E-state index is 0.117. The summed E-state index contributed by atoms with van der Waals surface area (Å²) in [5, 5.41) is -0.249. The Hall–Kier alpha value is -0.770. The third-order valence-electron chi connectivity index (χ3n) is 3.77. The lowest BCUT2D eigenvalue weighted by Gasteiger charge is -2.07. The lowest BCUT2D eigenvalue weighted by molar-refractivity contribution is -0.154. The normalized spacial score (nSPS) is 12.0. The molecule has 0 fully saturated rings. The van der Waals surface area contributed by atoms with E-state index in [1.165, 1.54) is 57.8 Å². The maximum absolute atomic E-state index is 11.4. The van der Waals surface area contributed by atoms with Crippen molar-refractivity contribution in [3.05, 3.63) is 0 Å². The van der Waals surface area contributed by atoms with E-state index in [1.54, 1.807) is 6.92 Å². The van der Waals surface area contributed by atoms with Crippen molar-refractivity contribution in [2.24, 2.45) is 0 Å². The SMILES string of the molecule is CCCCCCCCCCCCCOC(=O)CC(=O)OCC(C)Cl. The van der Waals surface area contributed by atoms with Crippen molar-refractivity contribution in [1.29, 1.82) is 0 Å². The van der Waals surface area contributed by atoms with E-state index in [9.17, 15) is 9.59 Å². The Bertz CT molecular complexity index is 318. The van der Waals surface area contributed by atoms with Crippen LogP contribution in [0.1, 0.15) is 90.9 Å². The monoisotopic (exact) mass is 362 g/mol. The molecule has 0 N–H and O–H groups in total. The molecule has 0 rings (SSSR count). The van der Waals surface area contributed by atoms with E-state index in [0.29, 0.717) is 6.61 Å². The Labute approximate surface area is 152 Å². The molecule has 1 atom stereocenters. The largest absolute Gasteiger partial charge is 0.465 e. The molecule has 142 valence electrons. The minimum Gasteiger partial charge on any atom is -0.465 e. The van der Waals surface area contributed by atoms with Gasteiger partial charge in [0.1, 0.15) is 13.0 Å². The number of alkyl halides is 1. The van der Waals surface area contributed by atoms with Crippen LogP contribution in [0.5, 0.6) is 0 Å². The number of carbonyl (C=O) groups excluding carboxylic acids is 2. The lowest BCUT2D eigenvalue weighted by Crippen LogP contribution is -2.17. The molecule has 0 bridgehead atoms. The number of halogens is 1. The summed E-state index contributed by atoms with van der Waals surface area (Å²) in [4.78, 5) is 22.7. The highest BCUT2D eigenvalue weighted by Gasteiger charge is 2.12. The number of ether oxygens (including phenoxy) is 2. The predicted molar refractivity (Wildman–Crippen MR) is 98.3 cm³/mol. The van der Waals surface area contributed by atoms with Gasteiger partial charge in [-0.05, 0) is 13.3 Å². The van der Waals surface area contributed by atoms with Crippen molar-refractivity contribution in [3.63, 3.8) is 0 Å². The molecule has 24 heavy (non-hydrogen) atoms. The fraction of sp³-hybridized carbons (Fsp3) is 0.895. The molecule has 0 saturated heterocycles. The van der Waals surface area contributed by atoms with Crippen molar-refractivity contribution in [2.75, 3.05) is 13.2 Å². The maximum Gasteiger partial charge on any atom is 0.317 e. The van der Waals surface area contributed by atoms with Gasteiger partial charge in [-0.25, -0.2) is 0 Å². The summed E-state index contributed by atoms with van der Waals surface area (Å²) >= 11 is 5.66. The van der Waals surface area contributed by atoms with Gasteiger partial charge in [0.2, 0.25) is 0 Å². The number of hydrogen-bond acceptors (Lipinski definition) is 4. The van der Waals surface area contributed by atoms with Gasteiger partial charge in [0.05, 0.1) is 12.0 Å². The molecular formula is C19H35ClO4. The smallest absolute Gasteiger partial charge is 0.317 e. The van der Waals surface area contributed by atoms with E-state index >= 15 is 0 Å². The zero-order valence-corrected chi connectivity index (χ0v) is 16.2. The molecule has 0 saturated carbocycles. The van der Waals surface area contributed by atoms with E-state index in [2.05, 4.69) is 6.92 Å². The van der Waals surface area contributed by atoms with E-state index in [-0.39, 0.29) is 18.4 Å². The highest BCUT2D eigenvalue weighted by atomic mass is 35.5. The molecule has 0 amide bonds. The number of hydrogen-bond donors (Lipinski definition) is 0. The summed E-state index contributed by atoms with van der Waals surface area (Å²) in [7, 11) is 0. The average Bonchev–Trinajstić information content (AvgIpc) is 2.54. The predicted octanol–water partition coefficient (Wildman–Crippen LogP) is 5.40. The van der Waals surface area contributed by atoms with Crippen LogP contribution in [0, 0.1) is 0 Å². The molecule has 0 aromatic rings. The van der Waals surface area contributed by atoms with Crippen LogP contribution in [0.25, 0.3) is 0 Å². The van der Waals surface area contributed by atoms with Gasteiger partial charge in [0.15, 0.2) is 0 Å². The highest BCUT2D eigenvalue weighted by Crippen LogP contribution is 2.11. The van der Waals surface area contributed by atoms with Crippen LogP contribution in [0.4, 0.5) is 0 Å². The summed E-state index contributed by atoms with van der Waals surface area (Å²) in [5.74, 6) is -1.10. The molecule has 0 spiro atoms. The van der Waals surface area contributed by atoms with Crippen LogP contribution in [-0.4, -0.2) is 30.5 Å². The molecular weight excluding hydrogens is 328 g/mol. The van der Waals surface area contributed by atoms with Crippen LogP contribution in [-0.2, 0) is 19.1 Å². The first-order valence-corrected chi connectivity index (χ1v) is 9.95. The summed E-state index contributed by atoms with van der Waals surface area (Å²) in [6.45, 7) is 4.46. The summed E-state index contributed by atoms with van der Waals surface area (Å²) < 4.78 is 9.84. The molecule has 0 aromatic heterocycles. The fourth-order valence-corrected chi connectivity index (χ4v) is 2.44. The van der Waals surface area contributed by atoms with Crippen LogP contribution < -0.4 is 0 Å². The number of rotatable bonds is 16. The molecule has 0 aromatic carbocycles. The van der Waals surface area contributed by atoms with Crippen LogP contribution >= 0.6 is 11.6 Å².